The predicted octanol–water partition coefficient (Wildman–Crippen LogP) is 5.87. The molecule has 1 aliphatic carbocycles. The fourth-order valence-electron chi connectivity index (χ4n) is 4.57. The summed E-state index contributed by atoms with van der Waals surface area (Å²) >= 11 is 5.95. The van der Waals surface area contributed by atoms with Gasteiger partial charge in [-0.3, -0.25) is 0 Å². The maximum absolute atomic E-state index is 13.6. The smallest absolute Gasteiger partial charge is 0.163 e. The number of nitrogens with zero attached hydrogens (tertiary/aromatic N) is 2. The van der Waals surface area contributed by atoms with Crippen molar-refractivity contribution in [1.82, 2.24) is 15.3 Å². The SMILES string of the molecule is Fc1ccc(Nc2ncnc3cc(OCC4CCCC4)c(OCC4CCCN4)cc23)cc1Cl. The number of halogens is 2. The van der Waals surface area contributed by atoms with Crippen LogP contribution in [0.2, 0.25) is 5.02 Å². The van der Waals surface area contributed by atoms with Crippen molar-refractivity contribution >= 4 is 34.0 Å². The molecule has 0 bridgehead atoms. The first kappa shape index (κ1) is 22.2. The lowest BCUT2D eigenvalue weighted by atomic mass is 10.1. The van der Waals surface area contributed by atoms with E-state index in [1.165, 1.54) is 50.6 Å². The molecule has 1 atom stereocenters. The highest BCUT2D eigenvalue weighted by molar-refractivity contribution is 6.31. The van der Waals surface area contributed by atoms with Crippen LogP contribution in [0.3, 0.4) is 0 Å². The van der Waals surface area contributed by atoms with E-state index in [1.807, 2.05) is 12.1 Å². The molecule has 6 nitrogen and oxygen atoms in total. The highest BCUT2D eigenvalue weighted by Crippen LogP contribution is 2.36. The summed E-state index contributed by atoms with van der Waals surface area (Å²) in [5, 5.41) is 7.54. The van der Waals surface area contributed by atoms with Gasteiger partial charge in [-0.2, -0.15) is 0 Å². The van der Waals surface area contributed by atoms with Crippen molar-refractivity contribution in [2.24, 2.45) is 5.92 Å². The van der Waals surface area contributed by atoms with Crippen molar-refractivity contribution in [1.29, 1.82) is 0 Å². The second-order valence-corrected chi connectivity index (χ2v) is 9.27. The summed E-state index contributed by atoms with van der Waals surface area (Å²) in [4.78, 5) is 8.85. The summed E-state index contributed by atoms with van der Waals surface area (Å²) in [6.45, 7) is 2.29. The van der Waals surface area contributed by atoms with Crippen molar-refractivity contribution in [3.63, 3.8) is 0 Å². The molecule has 0 radical (unpaired) electrons. The molecular formula is C25H28ClFN4O2. The van der Waals surface area contributed by atoms with E-state index < -0.39 is 5.82 Å². The minimum atomic E-state index is -0.463. The maximum Gasteiger partial charge on any atom is 0.163 e. The van der Waals surface area contributed by atoms with Crippen LogP contribution in [-0.2, 0) is 0 Å². The van der Waals surface area contributed by atoms with Crippen LogP contribution in [0.5, 0.6) is 11.5 Å². The number of nitrogens with one attached hydrogen (secondary N) is 2. The Morgan fingerprint density at radius 3 is 2.61 bits per heavy atom. The van der Waals surface area contributed by atoms with E-state index in [0.717, 1.165) is 23.9 Å². The predicted molar refractivity (Wildman–Crippen MR) is 128 cm³/mol. The van der Waals surface area contributed by atoms with Crippen molar-refractivity contribution in [2.45, 2.75) is 44.6 Å². The Morgan fingerprint density at radius 2 is 1.82 bits per heavy atom. The highest BCUT2D eigenvalue weighted by atomic mass is 35.5. The maximum atomic E-state index is 13.6. The summed E-state index contributed by atoms with van der Waals surface area (Å²) in [5.74, 6) is 2.12. The zero-order valence-corrected chi connectivity index (χ0v) is 19.2. The van der Waals surface area contributed by atoms with E-state index >= 15 is 0 Å². The van der Waals surface area contributed by atoms with E-state index in [0.29, 0.717) is 48.2 Å². The van der Waals surface area contributed by atoms with E-state index in [-0.39, 0.29) is 5.02 Å². The van der Waals surface area contributed by atoms with Crippen LogP contribution in [0.25, 0.3) is 10.9 Å². The topological polar surface area (TPSA) is 68.3 Å². The Hall–Kier alpha value is -2.64. The van der Waals surface area contributed by atoms with Crippen LogP contribution in [0.4, 0.5) is 15.9 Å². The molecule has 1 saturated carbocycles. The zero-order valence-electron chi connectivity index (χ0n) is 18.4. The van der Waals surface area contributed by atoms with Gasteiger partial charge in [0.05, 0.1) is 17.1 Å². The Balaban J connectivity index is 1.44. The van der Waals surface area contributed by atoms with E-state index in [2.05, 4.69) is 20.6 Å². The van der Waals surface area contributed by atoms with Crippen LogP contribution in [0, 0.1) is 11.7 Å². The molecular weight excluding hydrogens is 443 g/mol. The largest absolute Gasteiger partial charge is 0.489 e. The molecule has 1 saturated heterocycles. The van der Waals surface area contributed by atoms with Gasteiger partial charge in [0.1, 0.15) is 24.6 Å². The standard InChI is InChI=1S/C25H28ClFN4O2/c26-20-10-17(7-8-21(20)27)31-25-19-11-23(33-14-18-6-3-9-28-18)24(12-22(19)29-15-30-25)32-13-16-4-1-2-5-16/h7-8,10-12,15-16,18,28H,1-6,9,13-14H2,(H,29,30,31). The van der Waals surface area contributed by atoms with Gasteiger partial charge in [-0.05, 0) is 62.4 Å². The molecule has 2 fully saturated rings. The third kappa shape index (κ3) is 5.31. The lowest BCUT2D eigenvalue weighted by molar-refractivity contribution is 0.223. The first-order valence-electron chi connectivity index (χ1n) is 11.7. The quantitative estimate of drug-likeness (QED) is 0.429. The first-order chi connectivity index (χ1) is 16.2. The third-order valence-electron chi connectivity index (χ3n) is 6.43. The zero-order chi connectivity index (χ0) is 22.6. The molecule has 1 unspecified atom stereocenters. The fraction of sp³-hybridized carbons (Fsp3) is 0.440. The van der Waals surface area contributed by atoms with Crippen molar-refractivity contribution in [3.05, 3.63) is 47.5 Å². The second kappa shape index (κ2) is 10.1. The lowest BCUT2D eigenvalue weighted by Crippen LogP contribution is -2.28. The molecule has 8 heteroatoms. The molecule has 2 aliphatic rings. The summed E-state index contributed by atoms with van der Waals surface area (Å²) < 4.78 is 26.1. The number of benzene rings is 2. The molecule has 0 spiro atoms. The van der Waals surface area contributed by atoms with Crippen LogP contribution in [-0.4, -0.2) is 35.8 Å². The molecule has 5 rings (SSSR count). The molecule has 2 N–H and O–H groups in total. The monoisotopic (exact) mass is 470 g/mol. The van der Waals surface area contributed by atoms with Gasteiger partial charge in [-0.1, -0.05) is 24.4 Å². The Bertz CT molecular complexity index is 1120. The number of hydrogen-bond acceptors (Lipinski definition) is 6. The molecule has 2 heterocycles. The molecule has 2 aromatic carbocycles. The number of aromatic nitrogens is 2. The van der Waals surface area contributed by atoms with Crippen LogP contribution >= 0.6 is 11.6 Å². The number of anilines is 2. The third-order valence-corrected chi connectivity index (χ3v) is 6.72. The van der Waals surface area contributed by atoms with Crippen molar-refractivity contribution in [2.75, 3.05) is 25.1 Å². The Morgan fingerprint density at radius 1 is 1.00 bits per heavy atom. The van der Waals surface area contributed by atoms with Gasteiger partial charge >= 0.3 is 0 Å². The van der Waals surface area contributed by atoms with Gasteiger partial charge in [0.15, 0.2) is 11.5 Å². The number of ether oxygens (including phenoxy) is 2. The van der Waals surface area contributed by atoms with Gasteiger partial charge in [0.25, 0.3) is 0 Å². The number of hydrogen-bond donors (Lipinski definition) is 2. The molecule has 3 aromatic rings. The summed E-state index contributed by atoms with van der Waals surface area (Å²) in [7, 11) is 0. The lowest BCUT2D eigenvalue weighted by Gasteiger charge is -2.18. The van der Waals surface area contributed by atoms with E-state index in [1.54, 1.807) is 6.07 Å². The average Bonchev–Trinajstić information content (AvgIpc) is 3.53. The molecule has 1 aliphatic heterocycles. The number of fused-ring (bicyclic) bond motifs is 1. The van der Waals surface area contributed by atoms with Gasteiger partial charge in [0, 0.05) is 23.2 Å². The van der Waals surface area contributed by atoms with Crippen LogP contribution in [0.15, 0.2) is 36.7 Å². The normalized spacial score (nSPS) is 18.7. The van der Waals surface area contributed by atoms with Crippen molar-refractivity contribution < 1.29 is 13.9 Å². The minimum Gasteiger partial charge on any atom is -0.489 e. The number of rotatable bonds is 8. The van der Waals surface area contributed by atoms with Crippen molar-refractivity contribution in [3.8, 4) is 11.5 Å². The average molecular weight is 471 g/mol. The fourth-order valence-corrected chi connectivity index (χ4v) is 4.75. The van der Waals surface area contributed by atoms with Gasteiger partial charge in [0.2, 0.25) is 0 Å². The summed E-state index contributed by atoms with van der Waals surface area (Å²) in [5.41, 5.74) is 1.38. The minimum absolute atomic E-state index is 0.0500. The highest BCUT2D eigenvalue weighted by Gasteiger charge is 2.20. The van der Waals surface area contributed by atoms with Crippen LogP contribution < -0.4 is 20.1 Å². The summed E-state index contributed by atoms with van der Waals surface area (Å²) in [6.07, 6.45) is 8.75. The Kier molecular flexibility index (Phi) is 6.78. The van der Waals surface area contributed by atoms with E-state index in [9.17, 15) is 4.39 Å². The van der Waals surface area contributed by atoms with Crippen LogP contribution in [0.1, 0.15) is 38.5 Å². The van der Waals surface area contributed by atoms with Gasteiger partial charge < -0.3 is 20.1 Å². The first-order valence-corrected chi connectivity index (χ1v) is 12.0. The molecule has 1 aromatic heterocycles. The molecule has 174 valence electrons. The Labute approximate surface area is 197 Å². The molecule has 0 amide bonds. The van der Waals surface area contributed by atoms with E-state index in [4.69, 9.17) is 21.1 Å². The van der Waals surface area contributed by atoms with Gasteiger partial charge in [-0.25, -0.2) is 14.4 Å². The van der Waals surface area contributed by atoms with Gasteiger partial charge in [-0.15, -0.1) is 0 Å². The summed E-state index contributed by atoms with van der Waals surface area (Å²) in [6, 6.07) is 8.68. The molecule has 33 heavy (non-hydrogen) atoms. The second-order valence-electron chi connectivity index (χ2n) is 8.86.